The fourth-order valence-electron chi connectivity index (χ4n) is 7.88. The smallest absolute Gasteiger partial charge is 0.266 e. The SMILES string of the molecule is O=C1CCC(N2C(=O)c3cccc(OCc4ccc(CNC56CC7CC(CC5C7)C6)cc4)c3C2=O)C(=O)N1. The summed E-state index contributed by atoms with van der Waals surface area (Å²) in [6.07, 6.45) is 7.13. The Morgan fingerprint density at radius 3 is 2.39 bits per heavy atom. The Morgan fingerprint density at radius 1 is 0.921 bits per heavy atom. The fraction of sp³-hybridized carbons (Fsp3) is 0.467. The van der Waals surface area contributed by atoms with E-state index >= 15 is 0 Å². The molecule has 3 atom stereocenters. The van der Waals surface area contributed by atoms with Gasteiger partial charge in [0, 0.05) is 18.5 Å². The van der Waals surface area contributed by atoms with Gasteiger partial charge in [0.1, 0.15) is 18.4 Å². The molecule has 2 aromatic carbocycles. The number of fused-ring (bicyclic) bond motifs is 1. The molecule has 4 saturated carbocycles. The molecule has 8 nitrogen and oxygen atoms in total. The lowest BCUT2D eigenvalue weighted by atomic mass is 9.80. The monoisotopic (exact) mass is 513 g/mol. The lowest BCUT2D eigenvalue weighted by molar-refractivity contribution is -0.136. The number of hydrogen-bond donors (Lipinski definition) is 2. The van der Waals surface area contributed by atoms with Gasteiger partial charge in [0.25, 0.3) is 11.8 Å². The molecule has 0 aromatic heterocycles. The molecule has 2 heterocycles. The molecule has 38 heavy (non-hydrogen) atoms. The second-order valence-corrected chi connectivity index (χ2v) is 11.8. The van der Waals surface area contributed by atoms with Gasteiger partial charge in [-0.15, -0.1) is 0 Å². The highest BCUT2D eigenvalue weighted by atomic mass is 16.5. The minimum atomic E-state index is -0.997. The summed E-state index contributed by atoms with van der Waals surface area (Å²) >= 11 is 0. The second-order valence-electron chi connectivity index (χ2n) is 11.8. The van der Waals surface area contributed by atoms with Crippen molar-refractivity contribution in [2.24, 2.45) is 17.8 Å². The van der Waals surface area contributed by atoms with Crippen molar-refractivity contribution in [2.45, 2.75) is 69.7 Å². The van der Waals surface area contributed by atoms with Gasteiger partial charge in [-0.1, -0.05) is 30.3 Å². The van der Waals surface area contributed by atoms with Crippen LogP contribution >= 0.6 is 0 Å². The number of imide groups is 2. The number of carbonyl (C=O) groups is 4. The van der Waals surface area contributed by atoms with E-state index in [1.165, 1.54) is 37.7 Å². The molecule has 4 bridgehead atoms. The predicted octanol–water partition coefficient (Wildman–Crippen LogP) is 3.34. The van der Waals surface area contributed by atoms with Crippen LogP contribution in [0.4, 0.5) is 0 Å². The van der Waals surface area contributed by atoms with Crippen molar-refractivity contribution in [1.29, 1.82) is 0 Å². The summed E-state index contributed by atoms with van der Waals surface area (Å²) in [6.45, 7) is 1.12. The van der Waals surface area contributed by atoms with Crippen LogP contribution in [-0.2, 0) is 22.7 Å². The van der Waals surface area contributed by atoms with Gasteiger partial charge in [-0.3, -0.25) is 29.4 Å². The van der Waals surface area contributed by atoms with Crippen LogP contribution in [0.1, 0.15) is 76.8 Å². The first kappa shape index (κ1) is 23.6. The molecule has 4 aliphatic carbocycles. The number of benzene rings is 2. The first-order valence-electron chi connectivity index (χ1n) is 13.7. The maximum Gasteiger partial charge on any atom is 0.266 e. The van der Waals surface area contributed by atoms with Crippen molar-refractivity contribution < 1.29 is 23.9 Å². The zero-order valence-electron chi connectivity index (χ0n) is 21.2. The van der Waals surface area contributed by atoms with Crippen LogP contribution in [0.25, 0.3) is 0 Å². The number of hydrogen-bond acceptors (Lipinski definition) is 6. The number of amides is 4. The molecule has 6 aliphatic rings. The average Bonchev–Trinajstić information content (AvgIpc) is 3.41. The molecule has 0 radical (unpaired) electrons. The Morgan fingerprint density at radius 2 is 1.66 bits per heavy atom. The van der Waals surface area contributed by atoms with E-state index < -0.39 is 29.7 Å². The van der Waals surface area contributed by atoms with E-state index in [1.54, 1.807) is 18.2 Å². The van der Waals surface area contributed by atoms with Gasteiger partial charge in [-0.05, 0) is 79.5 Å². The van der Waals surface area contributed by atoms with E-state index in [-0.39, 0.29) is 30.6 Å². The highest BCUT2D eigenvalue weighted by molar-refractivity contribution is 6.24. The molecule has 2 aliphatic heterocycles. The third-order valence-electron chi connectivity index (χ3n) is 9.48. The normalized spacial score (nSPS) is 31.2. The zero-order chi connectivity index (χ0) is 26.0. The van der Waals surface area contributed by atoms with Crippen LogP contribution < -0.4 is 15.4 Å². The molecule has 8 rings (SSSR count). The molecule has 2 aromatic rings. The van der Waals surface area contributed by atoms with E-state index in [0.717, 1.165) is 34.8 Å². The van der Waals surface area contributed by atoms with Crippen molar-refractivity contribution in [3.63, 3.8) is 0 Å². The van der Waals surface area contributed by atoms with Crippen molar-refractivity contribution in [3.05, 3.63) is 64.7 Å². The Bertz CT molecular complexity index is 1340. The Balaban J connectivity index is 1.01. The first-order valence-corrected chi connectivity index (χ1v) is 13.7. The Labute approximate surface area is 221 Å². The van der Waals surface area contributed by atoms with E-state index in [4.69, 9.17) is 4.74 Å². The molecule has 4 amide bonds. The largest absolute Gasteiger partial charge is 0.488 e. The van der Waals surface area contributed by atoms with E-state index in [0.29, 0.717) is 11.3 Å². The summed E-state index contributed by atoms with van der Waals surface area (Å²) < 4.78 is 6.02. The molecule has 8 heteroatoms. The standard InChI is InChI=1S/C30H31N3O5/c34-25-9-8-23(27(35)32-25)33-28(36)22-2-1-3-24(26(22)29(33)37)38-16-18-6-4-17(5-7-18)15-31-30-13-19-10-20(14-30)12-21(30)11-19/h1-7,19-21,23,31H,8-16H2,(H,32,34,35). The maximum absolute atomic E-state index is 13.2. The van der Waals surface area contributed by atoms with Gasteiger partial charge in [-0.25, -0.2) is 0 Å². The lowest BCUT2D eigenvalue weighted by Crippen LogP contribution is -2.54. The fourth-order valence-corrected chi connectivity index (χ4v) is 7.88. The minimum Gasteiger partial charge on any atom is -0.488 e. The third kappa shape index (κ3) is 3.76. The molecule has 196 valence electrons. The van der Waals surface area contributed by atoms with Gasteiger partial charge in [0.05, 0.1) is 11.1 Å². The van der Waals surface area contributed by atoms with E-state index in [1.807, 2.05) is 12.1 Å². The van der Waals surface area contributed by atoms with Crippen LogP contribution in [0, 0.1) is 17.8 Å². The summed E-state index contributed by atoms with van der Waals surface area (Å²) in [5.74, 6) is 0.900. The van der Waals surface area contributed by atoms with Crippen LogP contribution in [0.5, 0.6) is 5.75 Å². The lowest BCUT2D eigenvalue weighted by Gasteiger charge is -2.34. The average molecular weight is 514 g/mol. The quantitative estimate of drug-likeness (QED) is 0.551. The van der Waals surface area contributed by atoms with Gasteiger partial charge in [-0.2, -0.15) is 0 Å². The van der Waals surface area contributed by atoms with Crippen LogP contribution in [0.2, 0.25) is 0 Å². The molecular weight excluding hydrogens is 482 g/mol. The first-order chi connectivity index (χ1) is 18.4. The molecule has 3 unspecified atom stereocenters. The summed E-state index contributed by atoms with van der Waals surface area (Å²) in [5, 5.41) is 6.15. The van der Waals surface area contributed by atoms with Gasteiger partial charge >= 0.3 is 0 Å². The Hall–Kier alpha value is -3.52. The number of piperidine rings is 1. The van der Waals surface area contributed by atoms with Crippen molar-refractivity contribution in [1.82, 2.24) is 15.5 Å². The van der Waals surface area contributed by atoms with Gasteiger partial charge < -0.3 is 10.1 Å². The molecule has 1 saturated heterocycles. The van der Waals surface area contributed by atoms with Crippen molar-refractivity contribution in [2.75, 3.05) is 0 Å². The molecule has 5 fully saturated rings. The van der Waals surface area contributed by atoms with Crippen LogP contribution in [-0.4, -0.2) is 40.1 Å². The van der Waals surface area contributed by atoms with Crippen LogP contribution in [0.15, 0.2) is 42.5 Å². The van der Waals surface area contributed by atoms with Crippen LogP contribution in [0.3, 0.4) is 0 Å². The van der Waals surface area contributed by atoms with Gasteiger partial charge in [0.15, 0.2) is 0 Å². The third-order valence-corrected chi connectivity index (χ3v) is 9.48. The molecule has 2 N–H and O–H groups in total. The number of nitrogens with zero attached hydrogens (tertiary/aromatic N) is 1. The Kier molecular flexibility index (Phi) is 5.44. The van der Waals surface area contributed by atoms with Gasteiger partial charge in [0.2, 0.25) is 11.8 Å². The maximum atomic E-state index is 13.2. The second kappa shape index (κ2) is 8.76. The van der Waals surface area contributed by atoms with E-state index in [9.17, 15) is 19.2 Å². The number of ether oxygens (including phenoxy) is 1. The predicted molar refractivity (Wildman–Crippen MR) is 137 cm³/mol. The summed E-state index contributed by atoms with van der Waals surface area (Å²) in [4.78, 5) is 51.1. The summed E-state index contributed by atoms with van der Waals surface area (Å²) in [6, 6.07) is 12.2. The number of nitrogens with one attached hydrogen (secondary N) is 2. The summed E-state index contributed by atoms with van der Waals surface area (Å²) in [5.41, 5.74) is 2.95. The highest BCUT2D eigenvalue weighted by Crippen LogP contribution is 2.60. The van der Waals surface area contributed by atoms with Crippen molar-refractivity contribution >= 4 is 23.6 Å². The summed E-state index contributed by atoms with van der Waals surface area (Å²) in [7, 11) is 0. The number of carbonyl (C=O) groups excluding carboxylic acids is 4. The molecule has 0 spiro atoms. The molecular formula is C30H31N3O5. The zero-order valence-corrected chi connectivity index (χ0v) is 21.2. The van der Waals surface area contributed by atoms with E-state index in [2.05, 4.69) is 22.8 Å². The number of rotatable bonds is 7. The highest BCUT2D eigenvalue weighted by Gasteiger charge is 2.57. The van der Waals surface area contributed by atoms with Crippen molar-refractivity contribution in [3.8, 4) is 5.75 Å². The minimum absolute atomic E-state index is 0.0846. The topological polar surface area (TPSA) is 105 Å².